The largest absolute Gasteiger partial charge is 0.303 e. The fourth-order valence-corrected chi connectivity index (χ4v) is 0.342. The van der Waals surface area contributed by atoms with Crippen molar-refractivity contribution in [1.82, 2.24) is 0 Å². The standard InChI is InChI=1S/C8H8O2/c9-7-5-3-1-2-4-6-8-10/h1,3,7-8H,5-6H2/b3-1+. The van der Waals surface area contributed by atoms with Gasteiger partial charge in [0.25, 0.3) is 0 Å². The summed E-state index contributed by atoms with van der Waals surface area (Å²) in [6.07, 6.45) is 5.38. The molecular weight excluding hydrogens is 128 g/mol. The Labute approximate surface area is 59.9 Å². The van der Waals surface area contributed by atoms with E-state index in [-0.39, 0.29) is 6.42 Å². The smallest absolute Gasteiger partial charge is 0.131 e. The predicted molar refractivity (Wildman–Crippen MR) is 38.3 cm³/mol. The van der Waals surface area contributed by atoms with Gasteiger partial charge in [-0.05, 0) is 6.08 Å². The summed E-state index contributed by atoms with van der Waals surface area (Å²) in [5, 5.41) is 0. The Morgan fingerprint density at radius 2 is 2.00 bits per heavy atom. The van der Waals surface area contributed by atoms with Gasteiger partial charge < -0.3 is 9.59 Å². The van der Waals surface area contributed by atoms with Gasteiger partial charge in [-0.2, -0.15) is 0 Å². The van der Waals surface area contributed by atoms with Crippen LogP contribution in [0.2, 0.25) is 0 Å². The molecule has 0 spiro atoms. The van der Waals surface area contributed by atoms with Crippen molar-refractivity contribution >= 4 is 12.6 Å². The summed E-state index contributed by atoms with van der Waals surface area (Å²) in [6.45, 7) is 0. The minimum absolute atomic E-state index is 0.255. The summed E-state index contributed by atoms with van der Waals surface area (Å²) >= 11 is 0. The second kappa shape index (κ2) is 7.64. The van der Waals surface area contributed by atoms with Crippen LogP contribution in [0.5, 0.6) is 0 Å². The zero-order valence-electron chi connectivity index (χ0n) is 5.54. The molecule has 52 valence electrons. The molecule has 0 rings (SSSR count). The highest BCUT2D eigenvalue weighted by atomic mass is 16.1. The fourth-order valence-electron chi connectivity index (χ4n) is 0.342. The van der Waals surface area contributed by atoms with Crippen molar-refractivity contribution in [2.75, 3.05) is 0 Å². The number of carbonyl (C=O) groups excluding carboxylic acids is 2. The van der Waals surface area contributed by atoms with Gasteiger partial charge in [-0.1, -0.05) is 17.9 Å². The van der Waals surface area contributed by atoms with Gasteiger partial charge in [0, 0.05) is 6.42 Å². The Morgan fingerprint density at radius 1 is 1.20 bits per heavy atom. The average molecular weight is 136 g/mol. The molecule has 0 unspecified atom stereocenters. The van der Waals surface area contributed by atoms with Crippen LogP contribution in [0.4, 0.5) is 0 Å². The Morgan fingerprint density at radius 3 is 2.60 bits per heavy atom. The van der Waals surface area contributed by atoms with Crippen LogP contribution >= 0.6 is 0 Å². The van der Waals surface area contributed by atoms with E-state index < -0.39 is 0 Å². The first-order valence-corrected chi connectivity index (χ1v) is 2.92. The Balaban J connectivity index is 3.42. The molecule has 0 atom stereocenters. The molecule has 0 amide bonds. The Kier molecular flexibility index (Phi) is 6.60. The molecule has 0 N–H and O–H groups in total. The molecule has 0 aromatic rings. The number of aldehydes is 2. The van der Waals surface area contributed by atoms with Crippen LogP contribution in [0.25, 0.3) is 0 Å². The number of hydrogen-bond donors (Lipinski definition) is 0. The number of rotatable bonds is 3. The summed E-state index contributed by atoms with van der Waals surface area (Å²) in [4.78, 5) is 19.4. The minimum Gasteiger partial charge on any atom is -0.303 e. The van der Waals surface area contributed by atoms with E-state index >= 15 is 0 Å². The van der Waals surface area contributed by atoms with Gasteiger partial charge in [0.1, 0.15) is 12.6 Å². The topological polar surface area (TPSA) is 34.1 Å². The first kappa shape index (κ1) is 8.64. The first-order valence-electron chi connectivity index (χ1n) is 2.92. The quantitative estimate of drug-likeness (QED) is 0.423. The number of hydrogen-bond acceptors (Lipinski definition) is 2. The maximum Gasteiger partial charge on any atom is 0.131 e. The van der Waals surface area contributed by atoms with Crippen LogP contribution < -0.4 is 0 Å². The maximum atomic E-state index is 9.74. The van der Waals surface area contributed by atoms with Crippen molar-refractivity contribution < 1.29 is 9.59 Å². The summed E-state index contributed by atoms with van der Waals surface area (Å²) in [7, 11) is 0. The molecule has 0 bridgehead atoms. The van der Waals surface area contributed by atoms with Gasteiger partial charge in [-0.3, -0.25) is 0 Å². The molecule has 2 nitrogen and oxygen atoms in total. The molecular formula is C8H8O2. The van der Waals surface area contributed by atoms with Gasteiger partial charge >= 0.3 is 0 Å². The zero-order valence-corrected chi connectivity index (χ0v) is 5.54. The van der Waals surface area contributed by atoms with E-state index in [0.29, 0.717) is 6.42 Å². The first-order chi connectivity index (χ1) is 4.91. The van der Waals surface area contributed by atoms with Gasteiger partial charge in [-0.25, -0.2) is 0 Å². The van der Waals surface area contributed by atoms with Crippen molar-refractivity contribution in [3.63, 3.8) is 0 Å². The van der Waals surface area contributed by atoms with E-state index in [2.05, 4.69) is 11.8 Å². The molecule has 10 heavy (non-hydrogen) atoms. The van der Waals surface area contributed by atoms with Crippen molar-refractivity contribution in [2.24, 2.45) is 0 Å². The average Bonchev–Trinajstić information content (AvgIpc) is 1.97. The van der Waals surface area contributed by atoms with Gasteiger partial charge in [0.15, 0.2) is 0 Å². The number of carbonyl (C=O) groups is 2. The molecule has 0 saturated carbocycles. The molecule has 0 aromatic heterocycles. The Bertz CT molecular complexity index is 181. The molecule has 0 saturated heterocycles. The molecule has 0 aliphatic carbocycles. The third-order valence-electron chi connectivity index (χ3n) is 0.721. The molecule has 0 aliphatic rings. The van der Waals surface area contributed by atoms with Gasteiger partial charge in [0.05, 0.1) is 6.42 Å². The van der Waals surface area contributed by atoms with E-state index in [1.54, 1.807) is 12.2 Å². The van der Waals surface area contributed by atoms with Crippen LogP contribution in [0, 0.1) is 11.8 Å². The second-order valence-corrected chi connectivity index (χ2v) is 1.50. The second-order valence-electron chi connectivity index (χ2n) is 1.50. The van der Waals surface area contributed by atoms with Crippen molar-refractivity contribution in [3.05, 3.63) is 12.2 Å². The minimum atomic E-state index is 0.255. The lowest BCUT2D eigenvalue weighted by Crippen LogP contribution is -1.66. The van der Waals surface area contributed by atoms with E-state index in [0.717, 1.165) is 12.6 Å². The molecule has 0 aromatic carbocycles. The van der Waals surface area contributed by atoms with Gasteiger partial charge in [-0.15, -0.1) is 0 Å². The fraction of sp³-hybridized carbons (Fsp3) is 0.250. The lowest BCUT2D eigenvalue weighted by atomic mass is 10.4. The van der Waals surface area contributed by atoms with Crippen LogP contribution in [0.1, 0.15) is 12.8 Å². The van der Waals surface area contributed by atoms with Gasteiger partial charge in [0.2, 0.25) is 0 Å². The lowest BCUT2D eigenvalue weighted by molar-refractivity contribution is -0.107. The summed E-state index contributed by atoms with van der Waals surface area (Å²) in [5.74, 6) is 5.17. The summed E-state index contributed by atoms with van der Waals surface area (Å²) in [6, 6.07) is 0. The molecule has 0 radical (unpaired) electrons. The Hall–Kier alpha value is -1.36. The molecule has 2 heteroatoms. The highest BCUT2D eigenvalue weighted by molar-refractivity contribution is 5.54. The van der Waals surface area contributed by atoms with Crippen molar-refractivity contribution in [3.8, 4) is 11.8 Å². The van der Waals surface area contributed by atoms with E-state index in [4.69, 9.17) is 0 Å². The van der Waals surface area contributed by atoms with Crippen molar-refractivity contribution in [2.45, 2.75) is 12.8 Å². The lowest BCUT2D eigenvalue weighted by Gasteiger charge is -1.69. The predicted octanol–water partition coefficient (Wildman–Crippen LogP) is 0.724. The third-order valence-corrected chi connectivity index (χ3v) is 0.721. The van der Waals surface area contributed by atoms with E-state index in [9.17, 15) is 9.59 Å². The highest BCUT2D eigenvalue weighted by Gasteiger charge is 1.68. The van der Waals surface area contributed by atoms with Crippen LogP contribution in [-0.4, -0.2) is 12.6 Å². The molecule has 0 fully saturated rings. The SMILES string of the molecule is O=CCC#C/C=C/CC=O. The molecule has 0 heterocycles. The van der Waals surface area contributed by atoms with E-state index in [1.165, 1.54) is 0 Å². The van der Waals surface area contributed by atoms with Crippen LogP contribution in [0.15, 0.2) is 12.2 Å². The maximum absolute atomic E-state index is 9.74. The van der Waals surface area contributed by atoms with Crippen molar-refractivity contribution in [1.29, 1.82) is 0 Å². The third kappa shape index (κ3) is 6.64. The summed E-state index contributed by atoms with van der Waals surface area (Å²) in [5.41, 5.74) is 0. The highest BCUT2D eigenvalue weighted by Crippen LogP contribution is 1.75. The zero-order chi connectivity index (χ0) is 7.66. The van der Waals surface area contributed by atoms with Crippen LogP contribution in [-0.2, 0) is 9.59 Å². The van der Waals surface area contributed by atoms with Crippen LogP contribution in [0.3, 0.4) is 0 Å². The normalized spacial score (nSPS) is 8.40. The monoisotopic (exact) mass is 136 g/mol. The number of allylic oxidation sites excluding steroid dienone is 2. The summed E-state index contributed by atoms with van der Waals surface area (Å²) < 4.78 is 0. The van der Waals surface area contributed by atoms with E-state index in [1.807, 2.05) is 0 Å². The molecule has 0 aliphatic heterocycles.